The predicted octanol–water partition coefficient (Wildman–Crippen LogP) is 2.76. The Morgan fingerprint density at radius 3 is 2.62 bits per heavy atom. The number of carbonyl (C=O) groups excluding carboxylic acids is 3. The third kappa shape index (κ3) is 5.10. The van der Waals surface area contributed by atoms with E-state index in [9.17, 15) is 18.8 Å². The quantitative estimate of drug-likeness (QED) is 0.723. The lowest BCUT2D eigenvalue weighted by Crippen LogP contribution is -2.28. The van der Waals surface area contributed by atoms with Crippen LogP contribution in [-0.4, -0.2) is 37.5 Å². The van der Waals surface area contributed by atoms with E-state index in [1.54, 1.807) is 24.3 Å². The minimum absolute atomic E-state index is 0.00112. The summed E-state index contributed by atoms with van der Waals surface area (Å²) in [7, 11) is 0. The Hall–Kier alpha value is -3.42. The molecule has 2 amide bonds. The number of hydrogen-bond donors (Lipinski definition) is 1. The lowest BCUT2D eigenvalue weighted by Gasteiger charge is -2.19. The maximum absolute atomic E-state index is 12.9. The highest BCUT2D eigenvalue weighted by Crippen LogP contribution is 2.33. The van der Waals surface area contributed by atoms with Gasteiger partial charge in [-0.3, -0.25) is 14.4 Å². The minimum Gasteiger partial charge on any atom is -0.492 e. The molecular weight excluding hydrogens is 379 g/mol. The number of halogens is 1. The number of ether oxygens (including phenoxy) is 2. The van der Waals surface area contributed by atoms with Crippen LogP contribution in [0.25, 0.3) is 0 Å². The van der Waals surface area contributed by atoms with Crippen LogP contribution in [0.3, 0.4) is 0 Å². The first-order chi connectivity index (χ1) is 14.0. The molecule has 1 saturated heterocycles. The van der Waals surface area contributed by atoms with Gasteiger partial charge in [-0.1, -0.05) is 12.1 Å². The van der Waals surface area contributed by atoms with E-state index in [1.165, 1.54) is 29.2 Å². The molecule has 0 unspecified atom stereocenters. The van der Waals surface area contributed by atoms with Crippen molar-refractivity contribution in [2.24, 2.45) is 5.92 Å². The molecule has 1 atom stereocenters. The molecule has 0 saturated carbocycles. The monoisotopic (exact) mass is 400 g/mol. The summed E-state index contributed by atoms with van der Waals surface area (Å²) >= 11 is 0. The molecular formula is C21H21FN2O5. The van der Waals surface area contributed by atoms with Crippen LogP contribution in [-0.2, 0) is 19.1 Å². The van der Waals surface area contributed by atoms with E-state index in [1.807, 2.05) is 6.92 Å². The Morgan fingerprint density at radius 2 is 1.90 bits per heavy atom. The lowest BCUT2D eigenvalue weighted by molar-refractivity contribution is -0.151. The van der Waals surface area contributed by atoms with Gasteiger partial charge >= 0.3 is 5.97 Å². The van der Waals surface area contributed by atoms with Crippen molar-refractivity contribution in [2.45, 2.75) is 13.3 Å². The number of para-hydroxylation sites is 2. The summed E-state index contributed by atoms with van der Waals surface area (Å²) < 4.78 is 23.5. The molecule has 0 aromatic heterocycles. The summed E-state index contributed by atoms with van der Waals surface area (Å²) in [6.07, 6.45) is -0.00112. The zero-order chi connectivity index (χ0) is 20.8. The third-order valence-electron chi connectivity index (χ3n) is 4.39. The number of benzene rings is 2. The van der Waals surface area contributed by atoms with Crippen molar-refractivity contribution in [3.8, 4) is 5.75 Å². The van der Waals surface area contributed by atoms with Crippen molar-refractivity contribution >= 4 is 29.2 Å². The average Bonchev–Trinajstić information content (AvgIpc) is 3.10. The molecule has 7 nitrogen and oxygen atoms in total. The van der Waals surface area contributed by atoms with Crippen LogP contribution in [0.2, 0.25) is 0 Å². The molecule has 1 N–H and O–H groups in total. The summed E-state index contributed by atoms with van der Waals surface area (Å²) in [5.41, 5.74) is 0.992. The van der Waals surface area contributed by atoms with Gasteiger partial charge in [-0.15, -0.1) is 0 Å². The first-order valence-corrected chi connectivity index (χ1v) is 9.22. The smallest absolute Gasteiger partial charge is 0.311 e. The Morgan fingerprint density at radius 1 is 1.17 bits per heavy atom. The van der Waals surface area contributed by atoms with Crippen molar-refractivity contribution in [3.63, 3.8) is 0 Å². The van der Waals surface area contributed by atoms with E-state index in [4.69, 9.17) is 9.47 Å². The molecule has 8 heteroatoms. The second-order valence-electron chi connectivity index (χ2n) is 6.47. The number of rotatable bonds is 7. The Labute approximate surface area is 167 Å². The van der Waals surface area contributed by atoms with Gasteiger partial charge in [0.25, 0.3) is 5.91 Å². The molecule has 152 valence electrons. The van der Waals surface area contributed by atoms with Crippen LogP contribution < -0.4 is 15.0 Å². The highest BCUT2D eigenvalue weighted by Gasteiger charge is 2.37. The summed E-state index contributed by atoms with van der Waals surface area (Å²) in [6.45, 7) is 1.96. The number of nitrogens with zero attached hydrogens (tertiary/aromatic N) is 1. The number of amides is 2. The second-order valence-corrected chi connectivity index (χ2v) is 6.47. The van der Waals surface area contributed by atoms with E-state index in [2.05, 4.69) is 5.32 Å². The topological polar surface area (TPSA) is 84.9 Å². The van der Waals surface area contributed by atoms with Gasteiger partial charge < -0.3 is 19.7 Å². The summed E-state index contributed by atoms with van der Waals surface area (Å²) in [5.74, 6) is -1.91. The standard InChI is InChI=1S/C21H21FN2O5/c1-2-28-18-6-4-3-5-17(18)24-12-14(11-20(24)26)21(27)29-13-19(25)23-16-9-7-15(22)8-10-16/h3-10,14H,2,11-13H2,1H3,(H,23,25)/t14-/m1/s1. The van der Waals surface area contributed by atoms with Gasteiger partial charge in [0.05, 0.1) is 18.2 Å². The van der Waals surface area contributed by atoms with Crippen molar-refractivity contribution in [1.82, 2.24) is 0 Å². The first-order valence-electron chi connectivity index (χ1n) is 9.22. The normalized spacial score (nSPS) is 15.9. The van der Waals surface area contributed by atoms with Crippen LogP contribution in [0, 0.1) is 11.7 Å². The van der Waals surface area contributed by atoms with Gasteiger partial charge in [-0.2, -0.15) is 0 Å². The largest absolute Gasteiger partial charge is 0.492 e. The molecule has 1 aliphatic rings. The van der Waals surface area contributed by atoms with Crippen molar-refractivity contribution < 1.29 is 28.2 Å². The fourth-order valence-corrected chi connectivity index (χ4v) is 3.04. The predicted molar refractivity (Wildman–Crippen MR) is 104 cm³/mol. The maximum Gasteiger partial charge on any atom is 0.311 e. The van der Waals surface area contributed by atoms with E-state index < -0.39 is 30.2 Å². The zero-order valence-corrected chi connectivity index (χ0v) is 15.9. The minimum atomic E-state index is -0.671. The molecule has 0 aliphatic carbocycles. The van der Waals surface area contributed by atoms with Crippen LogP contribution in [0.4, 0.5) is 15.8 Å². The number of hydrogen-bond acceptors (Lipinski definition) is 5. The van der Waals surface area contributed by atoms with E-state index in [0.717, 1.165) is 0 Å². The molecule has 0 radical (unpaired) electrons. The van der Waals surface area contributed by atoms with Gasteiger partial charge in [0, 0.05) is 18.7 Å². The van der Waals surface area contributed by atoms with Crippen LogP contribution >= 0.6 is 0 Å². The number of anilines is 2. The number of carbonyl (C=O) groups is 3. The fourth-order valence-electron chi connectivity index (χ4n) is 3.04. The zero-order valence-electron chi connectivity index (χ0n) is 15.9. The molecule has 2 aromatic rings. The number of nitrogens with one attached hydrogen (secondary N) is 1. The summed E-state index contributed by atoms with van der Waals surface area (Å²) in [6, 6.07) is 12.3. The van der Waals surface area contributed by atoms with E-state index in [0.29, 0.717) is 23.7 Å². The maximum atomic E-state index is 12.9. The highest BCUT2D eigenvalue weighted by atomic mass is 19.1. The Balaban J connectivity index is 1.55. The molecule has 3 rings (SSSR count). The van der Waals surface area contributed by atoms with E-state index in [-0.39, 0.29) is 18.9 Å². The summed E-state index contributed by atoms with van der Waals surface area (Å²) in [4.78, 5) is 38.1. The van der Waals surface area contributed by atoms with Gasteiger partial charge in [0.2, 0.25) is 5.91 Å². The first kappa shape index (κ1) is 20.3. The number of esters is 1. The van der Waals surface area contributed by atoms with Crippen molar-refractivity contribution in [3.05, 3.63) is 54.3 Å². The van der Waals surface area contributed by atoms with E-state index >= 15 is 0 Å². The molecule has 0 bridgehead atoms. The molecule has 29 heavy (non-hydrogen) atoms. The SMILES string of the molecule is CCOc1ccccc1N1C[C@H](C(=O)OCC(=O)Nc2ccc(F)cc2)CC1=O. The van der Waals surface area contributed by atoms with Crippen molar-refractivity contribution in [2.75, 3.05) is 30.0 Å². The third-order valence-corrected chi connectivity index (χ3v) is 4.39. The second kappa shape index (κ2) is 9.18. The Bertz CT molecular complexity index is 900. The summed E-state index contributed by atoms with van der Waals surface area (Å²) in [5, 5.41) is 2.50. The van der Waals surface area contributed by atoms with Crippen LogP contribution in [0.15, 0.2) is 48.5 Å². The van der Waals surface area contributed by atoms with Gasteiger partial charge in [-0.05, 0) is 43.3 Å². The molecule has 1 heterocycles. The van der Waals surface area contributed by atoms with Crippen LogP contribution in [0.1, 0.15) is 13.3 Å². The molecule has 1 aliphatic heterocycles. The van der Waals surface area contributed by atoms with Crippen LogP contribution in [0.5, 0.6) is 5.75 Å². The Kier molecular flexibility index (Phi) is 6.43. The van der Waals surface area contributed by atoms with Gasteiger partial charge in [0.1, 0.15) is 11.6 Å². The average molecular weight is 400 g/mol. The van der Waals surface area contributed by atoms with Gasteiger partial charge in [-0.25, -0.2) is 4.39 Å². The molecule has 2 aromatic carbocycles. The highest BCUT2D eigenvalue weighted by molar-refractivity contribution is 6.01. The van der Waals surface area contributed by atoms with Crippen molar-refractivity contribution in [1.29, 1.82) is 0 Å². The lowest BCUT2D eigenvalue weighted by atomic mass is 10.1. The fraction of sp³-hybridized carbons (Fsp3) is 0.286. The molecule has 0 spiro atoms. The molecule has 1 fully saturated rings. The van der Waals surface area contributed by atoms with Gasteiger partial charge in [0.15, 0.2) is 6.61 Å².